The van der Waals surface area contributed by atoms with Crippen molar-refractivity contribution in [3.63, 3.8) is 0 Å². The van der Waals surface area contributed by atoms with Crippen LogP contribution < -0.4 is 16.0 Å². The van der Waals surface area contributed by atoms with E-state index < -0.39 is 0 Å². The number of carbonyl (C=O) groups excluding carboxylic acids is 1. The van der Waals surface area contributed by atoms with Crippen molar-refractivity contribution in [2.45, 2.75) is 13.8 Å². The molecule has 0 saturated carbocycles. The van der Waals surface area contributed by atoms with E-state index in [1.54, 1.807) is 0 Å². The van der Waals surface area contributed by atoms with E-state index in [2.05, 4.69) is 41.2 Å². The zero-order valence-corrected chi connectivity index (χ0v) is 16.8. The van der Waals surface area contributed by atoms with Gasteiger partial charge in [0.1, 0.15) is 6.54 Å². The molecule has 0 spiro atoms. The number of carbonyl (C=O) groups is 1. The molecule has 0 atom stereocenters. The Labute approximate surface area is 161 Å². The number of aliphatic imine (C=N–C) groups is 1. The minimum Gasteiger partial charge on any atom is -0.370 e. The van der Waals surface area contributed by atoms with Gasteiger partial charge < -0.3 is 20.9 Å². The quantitative estimate of drug-likeness (QED) is 0.410. The Bertz CT molecular complexity index is 527. The lowest BCUT2D eigenvalue weighted by Crippen LogP contribution is -2.49. The number of rotatable bonds is 5. The first-order valence-electron chi connectivity index (χ1n) is 8.18. The number of halogens is 1. The van der Waals surface area contributed by atoms with Crippen LogP contribution in [0.2, 0.25) is 0 Å². The predicted octanol–water partition coefficient (Wildman–Crippen LogP) is 1.51. The fourth-order valence-corrected chi connectivity index (χ4v) is 2.47. The summed E-state index contributed by atoms with van der Waals surface area (Å²) in [4.78, 5) is 20.5. The lowest BCUT2D eigenvalue weighted by atomic mass is 10.2. The molecule has 1 aromatic rings. The Balaban J connectivity index is 0.00000288. The Hall–Kier alpha value is -1.51. The molecule has 1 aromatic carbocycles. The van der Waals surface area contributed by atoms with Crippen molar-refractivity contribution in [2.24, 2.45) is 16.6 Å². The Morgan fingerprint density at radius 1 is 1.21 bits per heavy atom. The molecule has 0 radical (unpaired) electrons. The summed E-state index contributed by atoms with van der Waals surface area (Å²) in [6.45, 7) is 8.21. The molecule has 2 rings (SSSR count). The molecular weight excluding hydrogens is 417 g/mol. The van der Waals surface area contributed by atoms with Gasteiger partial charge in [0.2, 0.25) is 5.91 Å². The number of nitrogens with zero attached hydrogens (tertiary/aromatic N) is 3. The fraction of sp³-hybridized carbons (Fsp3) is 0.529. The van der Waals surface area contributed by atoms with Gasteiger partial charge in [-0.2, -0.15) is 0 Å². The molecule has 0 unspecified atom stereocenters. The molecular formula is C17H28IN5O. The minimum absolute atomic E-state index is 0. The number of anilines is 1. The van der Waals surface area contributed by atoms with E-state index in [1.165, 1.54) is 5.69 Å². The molecule has 1 amide bonds. The number of amides is 1. The number of para-hydroxylation sites is 1. The van der Waals surface area contributed by atoms with E-state index in [9.17, 15) is 4.79 Å². The van der Waals surface area contributed by atoms with E-state index in [1.807, 2.05) is 23.1 Å². The van der Waals surface area contributed by atoms with Crippen molar-refractivity contribution >= 4 is 41.5 Å². The summed E-state index contributed by atoms with van der Waals surface area (Å²) in [5, 5.41) is 3.02. The third kappa shape index (κ3) is 6.54. The second kappa shape index (κ2) is 10.4. The van der Waals surface area contributed by atoms with Gasteiger partial charge in [-0.25, -0.2) is 4.99 Å². The van der Waals surface area contributed by atoms with Gasteiger partial charge in [-0.3, -0.25) is 4.79 Å². The number of nitrogens with two attached hydrogens (primary N) is 1. The average Bonchev–Trinajstić information content (AvgIpc) is 2.58. The molecule has 1 saturated heterocycles. The summed E-state index contributed by atoms with van der Waals surface area (Å²) in [6, 6.07) is 10.3. The van der Waals surface area contributed by atoms with Crippen molar-refractivity contribution < 1.29 is 4.79 Å². The number of hydrogen-bond acceptors (Lipinski definition) is 3. The van der Waals surface area contributed by atoms with Gasteiger partial charge >= 0.3 is 0 Å². The van der Waals surface area contributed by atoms with Crippen LogP contribution in [0.4, 0.5) is 5.69 Å². The number of hydrogen-bond donors (Lipinski definition) is 2. The molecule has 3 N–H and O–H groups in total. The van der Waals surface area contributed by atoms with Crippen molar-refractivity contribution in [1.82, 2.24) is 10.2 Å². The highest BCUT2D eigenvalue weighted by atomic mass is 127. The molecule has 1 heterocycles. The van der Waals surface area contributed by atoms with Crippen LogP contribution in [0.25, 0.3) is 0 Å². The summed E-state index contributed by atoms with van der Waals surface area (Å²) >= 11 is 0. The molecule has 0 bridgehead atoms. The van der Waals surface area contributed by atoms with Crippen molar-refractivity contribution in [2.75, 3.05) is 44.2 Å². The molecule has 24 heavy (non-hydrogen) atoms. The van der Waals surface area contributed by atoms with E-state index in [-0.39, 0.29) is 36.4 Å². The van der Waals surface area contributed by atoms with Gasteiger partial charge in [0.25, 0.3) is 0 Å². The molecule has 134 valence electrons. The summed E-state index contributed by atoms with van der Waals surface area (Å²) in [6.07, 6.45) is 0. The molecule has 0 aliphatic carbocycles. The largest absolute Gasteiger partial charge is 0.370 e. The average molecular weight is 445 g/mol. The van der Waals surface area contributed by atoms with Crippen LogP contribution in [-0.2, 0) is 4.79 Å². The number of benzene rings is 1. The van der Waals surface area contributed by atoms with Crippen LogP contribution in [0.1, 0.15) is 13.8 Å². The summed E-state index contributed by atoms with van der Waals surface area (Å²) in [5.41, 5.74) is 6.97. The van der Waals surface area contributed by atoms with Crippen LogP contribution >= 0.6 is 24.0 Å². The van der Waals surface area contributed by atoms with E-state index in [4.69, 9.17) is 5.73 Å². The van der Waals surface area contributed by atoms with Gasteiger partial charge in [0.15, 0.2) is 5.96 Å². The Morgan fingerprint density at radius 3 is 2.42 bits per heavy atom. The summed E-state index contributed by atoms with van der Waals surface area (Å²) < 4.78 is 0. The number of nitrogens with one attached hydrogen (secondary N) is 1. The smallest absolute Gasteiger partial charge is 0.244 e. The normalized spacial score (nSPS) is 15.2. The Kier molecular flexibility index (Phi) is 8.88. The van der Waals surface area contributed by atoms with Crippen LogP contribution in [0.15, 0.2) is 35.3 Å². The zero-order valence-electron chi connectivity index (χ0n) is 14.4. The maximum absolute atomic E-state index is 12.2. The number of piperazine rings is 1. The van der Waals surface area contributed by atoms with Crippen molar-refractivity contribution in [3.05, 3.63) is 30.3 Å². The third-order valence-electron chi connectivity index (χ3n) is 3.83. The monoisotopic (exact) mass is 445 g/mol. The van der Waals surface area contributed by atoms with Gasteiger partial charge in [0.05, 0.1) is 0 Å². The topological polar surface area (TPSA) is 74.0 Å². The standard InChI is InChI=1S/C17H27N5O.HI/c1-14(2)12-19-17(18)20-13-16(23)22-10-8-21(9-11-22)15-6-4-3-5-7-15;/h3-7,14H,8-13H2,1-2H3,(H3,18,19,20);1H. The lowest BCUT2D eigenvalue weighted by molar-refractivity contribution is -0.129. The molecule has 1 aliphatic rings. The van der Waals surface area contributed by atoms with Crippen molar-refractivity contribution in [3.8, 4) is 0 Å². The maximum Gasteiger partial charge on any atom is 0.244 e. The molecule has 0 aromatic heterocycles. The first kappa shape index (κ1) is 20.5. The first-order valence-corrected chi connectivity index (χ1v) is 8.18. The second-order valence-corrected chi connectivity index (χ2v) is 6.18. The van der Waals surface area contributed by atoms with Gasteiger partial charge in [-0.05, 0) is 18.1 Å². The SMILES string of the molecule is CC(C)CNC(N)=NCC(=O)N1CCN(c2ccccc2)CC1.I. The highest BCUT2D eigenvalue weighted by Gasteiger charge is 2.20. The highest BCUT2D eigenvalue weighted by Crippen LogP contribution is 2.15. The number of guanidine groups is 1. The summed E-state index contributed by atoms with van der Waals surface area (Å²) in [5.74, 6) is 0.868. The van der Waals surface area contributed by atoms with Crippen LogP contribution in [-0.4, -0.2) is 56.0 Å². The van der Waals surface area contributed by atoms with Gasteiger partial charge in [0, 0.05) is 38.4 Å². The molecule has 6 nitrogen and oxygen atoms in total. The van der Waals surface area contributed by atoms with Crippen LogP contribution in [0.3, 0.4) is 0 Å². The van der Waals surface area contributed by atoms with E-state index >= 15 is 0 Å². The molecule has 1 aliphatic heterocycles. The van der Waals surface area contributed by atoms with E-state index in [0.29, 0.717) is 11.9 Å². The highest BCUT2D eigenvalue weighted by molar-refractivity contribution is 14.0. The predicted molar refractivity (Wildman–Crippen MR) is 110 cm³/mol. The molecule has 7 heteroatoms. The van der Waals surface area contributed by atoms with Crippen LogP contribution in [0, 0.1) is 5.92 Å². The Morgan fingerprint density at radius 2 is 1.83 bits per heavy atom. The van der Waals surface area contributed by atoms with Gasteiger partial charge in [-0.15, -0.1) is 24.0 Å². The van der Waals surface area contributed by atoms with Crippen LogP contribution in [0.5, 0.6) is 0 Å². The second-order valence-electron chi connectivity index (χ2n) is 6.18. The fourth-order valence-electron chi connectivity index (χ4n) is 2.47. The van der Waals surface area contributed by atoms with E-state index in [0.717, 1.165) is 32.7 Å². The summed E-state index contributed by atoms with van der Waals surface area (Å²) in [7, 11) is 0. The van der Waals surface area contributed by atoms with Crippen molar-refractivity contribution in [1.29, 1.82) is 0 Å². The maximum atomic E-state index is 12.2. The minimum atomic E-state index is 0. The first-order chi connectivity index (χ1) is 11.1. The third-order valence-corrected chi connectivity index (χ3v) is 3.83. The van der Waals surface area contributed by atoms with Gasteiger partial charge in [-0.1, -0.05) is 32.0 Å². The zero-order chi connectivity index (χ0) is 16.7. The lowest BCUT2D eigenvalue weighted by Gasteiger charge is -2.36. The molecule has 1 fully saturated rings.